The SMILES string of the molecule is CCCNC(C)(C#N)CCCOCCOc1ccccc1. The van der Waals surface area contributed by atoms with Gasteiger partial charge in [0.15, 0.2) is 0 Å². The first-order valence-electron chi connectivity index (χ1n) is 7.62. The highest BCUT2D eigenvalue weighted by Gasteiger charge is 2.21. The van der Waals surface area contributed by atoms with Crippen LogP contribution in [0.4, 0.5) is 0 Å². The van der Waals surface area contributed by atoms with Gasteiger partial charge in [-0.3, -0.25) is 5.32 Å². The van der Waals surface area contributed by atoms with Gasteiger partial charge in [-0.15, -0.1) is 0 Å². The van der Waals surface area contributed by atoms with Gasteiger partial charge in [0.25, 0.3) is 0 Å². The number of nitrogens with one attached hydrogen (secondary N) is 1. The van der Waals surface area contributed by atoms with Crippen molar-refractivity contribution in [3.63, 3.8) is 0 Å². The minimum absolute atomic E-state index is 0.445. The van der Waals surface area contributed by atoms with Crippen molar-refractivity contribution in [2.24, 2.45) is 0 Å². The van der Waals surface area contributed by atoms with E-state index in [0.717, 1.165) is 31.6 Å². The second-order valence-electron chi connectivity index (χ2n) is 5.25. The number of rotatable bonds is 11. The van der Waals surface area contributed by atoms with Crippen LogP contribution in [0.1, 0.15) is 33.1 Å². The van der Waals surface area contributed by atoms with E-state index in [4.69, 9.17) is 9.47 Å². The van der Waals surface area contributed by atoms with Gasteiger partial charge in [0, 0.05) is 6.61 Å². The molecule has 1 aromatic carbocycles. The van der Waals surface area contributed by atoms with Crippen LogP contribution in [-0.2, 0) is 4.74 Å². The maximum atomic E-state index is 9.21. The van der Waals surface area contributed by atoms with Crippen LogP contribution in [0.15, 0.2) is 30.3 Å². The molecule has 0 aromatic heterocycles. The summed E-state index contributed by atoms with van der Waals surface area (Å²) in [7, 11) is 0. The van der Waals surface area contributed by atoms with Gasteiger partial charge in [0.1, 0.15) is 17.9 Å². The highest BCUT2D eigenvalue weighted by molar-refractivity contribution is 5.20. The number of hydrogen-bond donors (Lipinski definition) is 1. The fraction of sp³-hybridized carbons (Fsp3) is 0.588. The first-order valence-corrected chi connectivity index (χ1v) is 7.62. The number of nitriles is 1. The molecular weight excluding hydrogens is 264 g/mol. The molecule has 4 nitrogen and oxygen atoms in total. The van der Waals surface area contributed by atoms with Gasteiger partial charge in [0.05, 0.1) is 12.7 Å². The minimum atomic E-state index is -0.445. The molecular formula is C17H26N2O2. The zero-order valence-corrected chi connectivity index (χ0v) is 13.1. The van der Waals surface area contributed by atoms with Gasteiger partial charge in [-0.1, -0.05) is 25.1 Å². The lowest BCUT2D eigenvalue weighted by Crippen LogP contribution is -2.41. The predicted molar refractivity (Wildman–Crippen MR) is 84.3 cm³/mol. The van der Waals surface area contributed by atoms with Crippen LogP contribution in [0.3, 0.4) is 0 Å². The summed E-state index contributed by atoms with van der Waals surface area (Å²) in [6.45, 7) is 6.69. The van der Waals surface area contributed by atoms with E-state index in [0.29, 0.717) is 19.8 Å². The fourth-order valence-electron chi connectivity index (χ4n) is 1.95. The topological polar surface area (TPSA) is 54.3 Å². The van der Waals surface area contributed by atoms with Crippen molar-refractivity contribution in [3.05, 3.63) is 30.3 Å². The summed E-state index contributed by atoms with van der Waals surface area (Å²) < 4.78 is 11.1. The molecule has 0 spiro atoms. The van der Waals surface area contributed by atoms with Gasteiger partial charge >= 0.3 is 0 Å². The van der Waals surface area contributed by atoms with E-state index in [1.54, 1.807) is 0 Å². The van der Waals surface area contributed by atoms with E-state index in [9.17, 15) is 5.26 Å². The van der Waals surface area contributed by atoms with Crippen LogP contribution < -0.4 is 10.1 Å². The Hall–Kier alpha value is -1.57. The third-order valence-electron chi connectivity index (χ3n) is 3.22. The molecule has 4 heteroatoms. The van der Waals surface area contributed by atoms with Crippen molar-refractivity contribution in [2.75, 3.05) is 26.4 Å². The van der Waals surface area contributed by atoms with Crippen LogP contribution in [0.2, 0.25) is 0 Å². The molecule has 1 N–H and O–H groups in total. The van der Waals surface area contributed by atoms with Gasteiger partial charge in [-0.2, -0.15) is 5.26 Å². The zero-order chi connectivity index (χ0) is 15.4. The lowest BCUT2D eigenvalue weighted by atomic mass is 9.98. The molecule has 0 fully saturated rings. The lowest BCUT2D eigenvalue weighted by Gasteiger charge is -2.22. The first-order chi connectivity index (χ1) is 10.2. The lowest BCUT2D eigenvalue weighted by molar-refractivity contribution is 0.0947. The summed E-state index contributed by atoms with van der Waals surface area (Å²) in [4.78, 5) is 0. The Balaban J connectivity index is 2.05. The van der Waals surface area contributed by atoms with Gasteiger partial charge in [0.2, 0.25) is 0 Å². The number of nitrogens with zero attached hydrogens (tertiary/aromatic N) is 1. The summed E-state index contributed by atoms with van der Waals surface area (Å²) in [5.41, 5.74) is -0.445. The molecule has 0 aliphatic rings. The maximum absolute atomic E-state index is 9.21. The Morgan fingerprint density at radius 1 is 1.19 bits per heavy atom. The van der Waals surface area contributed by atoms with Gasteiger partial charge in [-0.25, -0.2) is 0 Å². The molecule has 1 rings (SSSR count). The monoisotopic (exact) mass is 290 g/mol. The van der Waals surface area contributed by atoms with Crippen LogP contribution in [0.25, 0.3) is 0 Å². The molecule has 0 amide bonds. The van der Waals surface area contributed by atoms with Crippen LogP contribution in [0.5, 0.6) is 5.75 Å². The van der Waals surface area contributed by atoms with E-state index in [-0.39, 0.29) is 0 Å². The minimum Gasteiger partial charge on any atom is -0.491 e. The normalized spacial score (nSPS) is 13.4. The Morgan fingerprint density at radius 3 is 2.62 bits per heavy atom. The quantitative estimate of drug-likeness (QED) is 0.636. The largest absolute Gasteiger partial charge is 0.491 e. The average molecular weight is 290 g/mol. The third-order valence-corrected chi connectivity index (χ3v) is 3.22. The number of ether oxygens (including phenoxy) is 2. The van der Waals surface area contributed by atoms with Crippen LogP contribution in [0, 0.1) is 11.3 Å². The molecule has 0 radical (unpaired) electrons. The van der Waals surface area contributed by atoms with Crippen molar-refractivity contribution in [3.8, 4) is 11.8 Å². The summed E-state index contributed by atoms with van der Waals surface area (Å²) in [5, 5.41) is 12.5. The van der Waals surface area contributed by atoms with E-state index >= 15 is 0 Å². The fourth-order valence-corrected chi connectivity index (χ4v) is 1.95. The van der Waals surface area contributed by atoms with E-state index in [2.05, 4.69) is 18.3 Å². The molecule has 0 aliphatic carbocycles. The molecule has 1 unspecified atom stereocenters. The first kappa shape index (κ1) is 17.5. The molecule has 0 aliphatic heterocycles. The standard InChI is InChI=1S/C17H26N2O2/c1-3-11-19-17(2,15-18)10-7-12-20-13-14-21-16-8-5-4-6-9-16/h4-6,8-9,19H,3,7,10-14H2,1-2H3. The molecule has 0 saturated heterocycles. The maximum Gasteiger partial charge on any atom is 0.119 e. The summed E-state index contributed by atoms with van der Waals surface area (Å²) in [6, 6.07) is 12.1. The molecule has 0 saturated carbocycles. The summed E-state index contributed by atoms with van der Waals surface area (Å²) >= 11 is 0. The smallest absolute Gasteiger partial charge is 0.119 e. The molecule has 1 atom stereocenters. The number of benzene rings is 1. The zero-order valence-electron chi connectivity index (χ0n) is 13.1. The van der Waals surface area contributed by atoms with Crippen molar-refractivity contribution in [2.45, 2.75) is 38.6 Å². The third kappa shape index (κ3) is 7.69. The average Bonchev–Trinajstić information content (AvgIpc) is 2.53. The number of para-hydroxylation sites is 1. The Labute approximate surface area is 128 Å². The van der Waals surface area contributed by atoms with Crippen LogP contribution >= 0.6 is 0 Å². The van der Waals surface area contributed by atoms with E-state index < -0.39 is 5.54 Å². The molecule has 116 valence electrons. The van der Waals surface area contributed by atoms with Crippen LogP contribution in [-0.4, -0.2) is 31.9 Å². The predicted octanol–water partition coefficient (Wildman–Crippen LogP) is 3.14. The molecule has 21 heavy (non-hydrogen) atoms. The molecule has 1 aromatic rings. The number of hydrogen-bond acceptors (Lipinski definition) is 4. The van der Waals surface area contributed by atoms with Crippen molar-refractivity contribution in [1.29, 1.82) is 5.26 Å². The molecule has 0 bridgehead atoms. The summed E-state index contributed by atoms with van der Waals surface area (Å²) in [5.74, 6) is 0.863. The highest BCUT2D eigenvalue weighted by Crippen LogP contribution is 2.11. The van der Waals surface area contributed by atoms with Crippen molar-refractivity contribution in [1.82, 2.24) is 5.32 Å². The van der Waals surface area contributed by atoms with E-state index in [1.165, 1.54) is 0 Å². The second kappa shape index (κ2) is 10.2. The van der Waals surface area contributed by atoms with Crippen molar-refractivity contribution >= 4 is 0 Å². The van der Waals surface area contributed by atoms with E-state index in [1.807, 2.05) is 37.3 Å². The van der Waals surface area contributed by atoms with Crippen molar-refractivity contribution < 1.29 is 9.47 Å². The Morgan fingerprint density at radius 2 is 1.95 bits per heavy atom. The molecule has 0 heterocycles. The Kier molecular flexibility index (Phi) is 8.49. The second-order valence-corrected chi connectivity index (χ2v) is 5.25. The highest BCUT2D eigenvalue weighted by atomic mass is 16.5. The Bertz CT molecular complexity index is 417. The van der Waals surface area contributed by atoms with Gasteiger partial charge < -0.3 is 9.47 Å². The van der Waals surface area contributed by atoms with Gasteiger partial charge in [-0.05, 0) is 44.9 Å². The summed E-state index contributed by atoms with van der Waals surface area (Å²) in [6.07, 6.45) is 2.69.